The summed E-state index contributed by atoms with van der Waals surface area (Å²) in [5, 5.41) is 10.8. The summed E-state index contributed by atoms with van der Waals surface area (Å²) >= 11 is 7.13. The van der Waals surface area contributed by atoms with Crippen molar-refractivity contribution >= 4 is 40.2 Å². The molecular weight excluding hydrogens is 272 g/mol. The van der Waals surface area contributed by atoms with Crippen LogP contribution in [0, 0.1) is 0 Å². The van der Waals surface area contributed by atoms with Crippen LogP contribution in [0.2, 0.25) is 5.02 Å². The van der Waals surface area contributed by atoms with Gasteiger partial charge in [-0.3, -0.25) is 4.79 Å². The summed E-state index contributed by atoms with van der Waals surface area (Å²) in [6.07, 6.45) is 0.708. The molecule has 0 saturated carbocycles. The van der Waals surface area contributed by atoms with Crippen LogP contribution in [0.5, 0.6) is 0 Å². The number of halogens is 1. The van der Waals surface area contributed by atoms with Gasteiger partial charge in [0.2, 0.25) is 0 Å². The Bertz CT molecular complexity index is 604. The van der Waals surface area contributed by atoms with Gasteiger partial charge in [0, 0.05) is 16.8 Å². The molecule has 0 bridgehead atoms. The van der Waals surface area contributed by atoms with Crippen molar-refractivity contribution in [2.75, 3.05) is 5.75 Å². The standard InChI is InChI=1S/C12H11ClN2O2S/c1-2-10-14-9-4-3-7(13)5-8(9)12(15-10)18-6-11(16)17/h3-5H,2,6H2,1H3,(H,16,17). The molecule has 1 aromatic carbocycles. The SMILES string of the molecule is CCc1nc(SCC(=O)O)c2cc(Cl)ccc2n1. The molecule has 2 aromatic rings. The molecular formula is C12H11ClN2O2S. The summed E-state index contributed by atoms with van der Waals surface area (Å²) in [6.45, 7) is 1.96. The number of carboxylic acid groups (broad SMARTS) is 1. The average Bonchev–Trinajstić information content (AvgIpc) is 2.35. The second-order valence-electron chi connectivity index (χ2n) is 3.64. The first-order valence-corrected chi connectivity index (χ1v) is 6.77. The Balaban J connectivity index is 2.52. The zero-order valence-electron chi connectivity index (χ0n) is 9.68. The van der Waals surface area contributed by atoms with Gasteiger partial charge in [-0.25, -0.2) is 9.97 Å². The fraction of sp³-hybridized carbons (Fsp3) is 0.250. The maximum absolute atomic E-state index is 10.6. The van der Waals surface area contributed by atoms with Crippen LogP contribution in [-0.4, -0.2) is 26.8 Å². The highest BCUT2D eigenvalue weighted by Gasteiger charge is 2.10. The largest absolute Gasteiger partial charge is 0.481 e. The molecule has 1 N–H and O–H groups in total. The molecule has 0 saturated heterocycles. The molecule has 4 nitrogen and oxygen atoms in total. The maximum atomic E-state index is 10.6. The third-order valence-electron chi connectivity index (χ3n) is 2.32. The van der Waals surface area contributed by atoms with Gasteiger partial charge in [-0.1, -0.05) is 30.3 Å². The molecule has 6 heteroatoms. The van der Waals surface area contributed by atoms with Gasteiger partial charge in [0.05, 0.1) is 11.3 Å². The van der Waals surface area contributed by atoms with Crippen LogP contribution in [0.1, 0.15) is 12.7 Å². The van der Waals surface area contributed by atoms with Crippen LogP contribution in [0.25, 0.3) is 10.9 Å². The Morgan fingerprint density at radius 2 is 2.22 bits per heavy atom. The second kappa shape index (κ2) is 5.54. The summed E-state index contributed by atoms with van der Waals surface area (Å²) in [6, 6.07) is 5.35. The normalized spacial score (nSPS) is 10.8. The van der Waals surface area contributed by atoms with Gasteiger partial charge in [-0.2, -0.15) is 0 Å². The van der Waals surface area contributed by atoms with Crippen LogP contribution in [0.3, 0.4) is 0 Å². The average molecular weight is 283 g/mol. The van der Waals surface area contributed by atoms with E-state index in [1.807, 2.05) is 13.0 Å². The van der Waals surface area contributed by atoms with Gasteiger partial charge >= 0.3 is 5.97 Å². The summed E-state index contributed by atoms with van der Waals surface area (Å²) in [5.41, 5.74) is 0.791. The van der Waals surface area contributed by atoms with Crippen molar-refractivity contribution in [3.05, 3.63) is 29.0 Å². The fourth-order valence-corrected chi connectivity index (χ4v) is 2.44. The number of benzene rings is 1. The van der Waals surface area contributed by atoms with Crippen molar-refractivity contribution < 1.29 is 9.90 Å². The minimum Gasteiger partial charge on any atom is -0.481 e. The topological polar surface area (TPSA) is 63.1 Å². The Hall–Kier alpha value is -1.33. The predicted octanol–water partition coefficient (Wildman–Crippen LogP) is 3.02. The summed E-state index contributed by atoms with van der Waals surface area (Å²) in [4.78, 5) is 19.4. The van der Waals surface area contributed by atoms with E-state index in [1.54, 1.807) is 12.1 Å². The maximum Gasteiger partial charge on any atom is 0.313 e. The first-order chi connectivity index (χ1) is 8.60. The monoisotopic (exact) mass is 282 g/mol. The lowest BCUT2D eigenvalue weighted by Crippen LogP contribution is -2.01. The summed E-state index contributed by atoms with van der Waals surface area (Å²) in [7, 11) is 0. The number of thioether (sulfide) groups is 1. The number of carboxylic acids is 1. The Kier molecular flexibility index (Phi) is 4.04. The zero-order valence-corrected chi connectivity index (χ0v) is 11.3. The van der Waals surface area contributed by atoms with Crippen LogP contribution in [-0.2, 0) is 11.2 Å². The number of aryl methyl sites for hydroxylation is 1. The van der Waals surface area contributed by atoms with E-state index in [1.165, 1.54) is 11.8 Å². The number of hydrogen-bond donors (Lipinski definition) is 1. The van der Waals surface area contributed by atoms with Crippen molar-refractivity contribution in [2.45, 2.75) is 18.4 Å². The zero-order chi connectivity index (χ0) is 13.1. The van der Waals surface area contributed by atoms with Gasteiger partial charge in [0.25, 0.3) is 0 Å². The molecule has 94 valence electrons. The lowest BCUT2D eigenvalue weighted by molar-refractivity contribution is -0.133. The van der Waals surface area contributed by atoms with Crippen molar-refractivity contribution in [3.8, 4) is 0 Å². The Labute approximate surface area is 113 Å². The second-order valence-corrected chi connectivity index (χ2v) is 5.04. The van der Waals surface area contributed by atoms with Crippen LogP contribution >= 0.6 is 23.4 Å². The highest BCUT2D eigenvalue weighted by Crippen LogP contribution is 2.27. The number of aromatic nitrogens is 2. The van der Waals surface area contributed by atoms with Gasteiger partial charge in [-0.05, 0) is 18.2 Å². The van der Waals surface area contributed by atoms with Gasteiger partial charge in [-0.15, -0.1) is 0 Å². The van der Waals surface area contributed by atoms with Crippen molar-refractivity contribution in [3.63, 3.8) is 0 Å². The first-order valence-electron chi connectivity index (χ1n) is 5.41. The molecule has 0 atom stereocenters. The highest BCUT2D eigenvalue weighted by atomic mass is 35.5. The summed E-state index contributed by atoms with van der Waals surface area (Å²) < 4.78 is 0. The molecule has 1 aromatic heterocycles. The molecule has 2 rings (SSSR count). The molecule has 0 aliphatic heterocycles. The number of carbonyl (C=O) groups is 1. The fourth-order valence-electron chi connectivity index (χ4n) is 1.52. The van der Waals surface area contributed by atoms with Crippen molar-refractivity contribution in [1.29, 1.82) is 0 Å². The third kappa shape index (κ3) is 2.91. The number of aliphatic carboxylic acids is 1. The van der Waals surface area contributed by atoms with E-state index < -0.39 is 5.97 Å². The molecule has 1 heterocycles. The number of nitrogens with zero attached hydrogens (tertiary/aromatic N) is 2. The van der Waals surface area contributed by atoms with Crippen LogP contribution in [0.15, 0.2) is 23.2 Å². The lowest BCUT2D eigenvalue weighted by Gasteiger charge is -2.06. The molecule has 0 spiro atoms. The smallest absolute Gasteiger partial charge is 0.313 e. The van der Waals surface area contributed by atoms with Crippen molar-refractivity contribution in [2.24, 2.45) is 0 Å². The predicted molar refractivity (Wildman–Crippen MR) is 72.3 cm³/mol. The molecule has 0 fully saturated rings. The quantitative estimate of drug-likeness (QED) is 0.690. The molecule has 0 aliphatic carbocycles. The molecule has 0 amide bonds. The van der Waals surface area contributed by atoms with Gasteiger partial charge in [0.1, 0.15) is 10.9 Å². The molecule has 0 radical (unpaired) electrons. The van der Waals surface area contributed by atoms with E-state index in [-0.39, 0.29) is 5.75 Å². The Morgan fingerprint density at radius 3 is 2.89 bits per heavy atom. The van der Waals surface area contributed by atoms with E-state index in [0.717, 1.165) is 10.9 Å². The van der Waals surface area contributed by atoms with E-state index in [9.17, 15) is 4.79 Å². The summed E-state index contributed by atoms with van der Waals surface area (Å²) in [5.74, 6) is -0.188. The van der Waals surface area contributed by atoms with E-state index in [4.69, 9.17) is 16.7 Å². The number of hydrogen-bond acceptors (Lipinski definition) is 4. The lowest BCUT2D eigenvalue weighted by atomic mass is 10.2. The van der Waals surface area contributed by atoms with Crippen molar-refractivity contribution in [1.82, 2.24) is 9.97 Å². The first kappa shape index (κ1) is 13.1. The van der Waals surface area contributed by atoms with Crippen LogP contribution < -0.4 is 0 Å². The van der Waals surface area contributed by atoms with Gasteiger partial charge < -0.3 is 5.11 Å². The highest BCUT2D eigenvalue weighted by molar-refractivity contribution is 8.00. The molecule has 0 unspecified atom stereocenters. The Morgan fingerprint density at radius 1 is 1.44 bits per heavy atom. The number of fused-ring (bicyclic) bond motifs is 1. The minimum atomic E-state index is -0.869. The minimum absolute atomic E-state index is 0.0260. The number of rotatable bonds is 4. The molecule has 0 aliphatic rings. The van der Waals surface area contributed by atoms with E-state index in [0.29, 0.717) is 22.3 Å². The van der Waals surface area contributed by atoms with E-state index in [2.05, 4.69) is 9.97 Å². The van der Waals surface area contributed by atoms with Gasteiger partial charge in [0.15, 0.2) is 0 Å². The third-order valence-corrected chi connectivity index (χ3v) is 3.53. The molecule has 18 heavy (non-hydrogen) atoms. The van der Waals surface area contributed by atoms with Crippen LogP contribution in [0.4, 0.5) is 0 Å². The van der Waals surface area contributed by atoms with E-state index >= 15 is 0 Å².